The Morgan fingerprint density at radius 1 is 1.24 bits per heavy atom. The number of methoxy groups -OCH3 is 1. The van der Waals surface area contributed by atoms with Crippen molar-refractivity contribution in [3.05, 3.63) is 66.5 Å². The normalized spacial score (nSPS) is 19.0. The number of hydrogen-bond acceptors (Lipinski definition) is 6. The second-order valence-corrected chi connectivity index (χ2v) is 8.22. The number of aliphatic carboxylic acids is 1. The van der Waals surface area contributed by atoms with Gasteiger partial charge in [0.25, 0.3) is 0 Å². The molecule has 2 aromatic carbocycles. The summed E-state index contributed by atoms with van der Waals surface area (Å²) >= 11 is 0. The van der Waals surface area contributed by atoms with Crippen molar-refractivity contribution in [3.63, 3.8) is 0 Å². The molecule has 1 aromatic heterocycles. The molecule has 3 atom stereocenters. The first kappa shape index (κ1) is 22.7. The van der Waals surface area contributed by atoms with Gasteiger partial charge in [0.15, 0.2) is 0 Å². The average Bonchev–Trinajstić information content (AvgIpc) is 3.33. The molecule has 174 valence electrons. The molecule has 33 heavy (non-hydrogen) atoms. The third-order valence-electron chi connectivity index (χ3n) is 5.91. The van der Waals surface area contributed by atoms with E-state index in [-0.39, 0.29) is 12.0 Å². The van der Waals surface area contributed by atoms with Gasteiger partial charge in [-0.1, -0.05) is 13.0 Å². The summed E-state index contributed by atoms with van der Waals surface area (Å²) in [5, 5.41) is 20.3. The van der Waals surface area contributed by atoms with E-state index in [0.29, 0.717) is 6.42 Å². The lowest BCUT2D eigenvalue weighted by Gasteiger charge is -2.30. The molecule has 0 amide bonds. The molecule has 0 saturated carbocycles. The van der Waals surface area contributed by atoms with Gasteiger partial charge in [0.2, 0.25) is 0 Å². The van der Waals surface area contributed by atoms with Gasteiger partial charge in [-0.05, 0) is 54.8 Å². The minimum Gasteiger partial charge on any atom is -0.497 e. The summed E-state index contributed by atoms with van der Waals surface area (Å²) in [6.45, 7) is 3.47. The predicted octanol–water partition coefficient (Wildman–Crippen LogP) is 3.68. The highest BCUT2D eigenvalue weighted by molar-refractivity contribution is 5.77. The van der Waals surface area contributed by atoms with Crippen molar-refractivity contribution in [3.8, 4) is 17.2 Å². The van der Waals surface area contributed by atoms with Crippen molar-refractivity contribution >= 4 is 11.7 Å². The van der Waals surface area contributed by atoms with E-state index >= 15 is 0 Å². The van der Waals surface area contributed by atoms with Gasteiger partial charge < -0.3 is 25.2 Å². The number of rotatable bonds is 9. The zero-order valence-electron chi connectivity index (χ0n) is 18.9. The maximum atomic E-state index is 11.3. The van der Waals surface area contributed by atoms with Crippen LogP contribution in [-0.4, -0.2) is 53.2 Å². The number of carboxylic acid groups (broad SMARTS) is 1. The van der Waals surface area contributed by atoms with E-state index in [1.807, 2.05) is 66.3 Å². The van der Waals surface area contributed by atoms with Crippen LogP contribution in [0.1, 0.15) is 31.2 Å². The van der Waals surface area contributed by atoms with Crippen molar-refractivity contribution < 1.29 is 19.4 Å². The molecule has 0 radical (unpaired) electrons. The van der Waals surface area contributed by atoms with Gasteiger partial charge in [-0.15, -0.1) is 0 Å². The molecule has 3 unspecified atom stereocenters. The van der Waals surface area contributed by atoms with Gasteiger partial charge >= 0.3 is 5.97 Å². The minimum absolute atomic E-state index is 0.00443. The van der Waals surface area contributed by atoms with Crippen molar-refractivity contribution in [1.82, 2.24) is 15.1 Å². The van der Waals surface area contributed by atoms with E-state index in [1.165, 1.54) is 0 Å². The molecule has 3 N–H and O–H groups in total. The molecule has 1 aliphatic heterocycles. The fourth-order valence-electron chi connectivity index (χ4n) is 4.06. The van der Waals surface area contributed by atoms with Crippen LogP contribution in [0.2, 0.25) is 0 Å². The van der Waals surface area contributed by atoms with Crippen LogP contribution in [0.15, 0.2) is 60.9 Å². The summed E-state index contributed by atoms with van der Waals surface area (Å²) in [7, 11) is 1.65. The number of carboxylic acids is 1. The highest BCUT2D eigenvalue weighted by atomic mass is 16.5. The van der Waals surface area contributed by atoms with Crippen molar-refractivity contribution in [2.45, 2.75) is 37.8 Å². The van der Waals surface area contributed by atoms with E-state index in [1.54, 1.807) is 7.11 Å². The van der Waals surface area contributed by atoms with Crippen LogP contribution in [0, 0.1) is 0 Å². The molecule has 0 bridgehead atoms. The topological polar surface area (TPSA) is 97.6 Å². The molecule has 4 rings (SSSR count). The lowest BCUT2D eigenvalue weighted by Crippen LogP contribution is -2.41. The van der Waals surface area contributed by atoms with Crippen molar-refractivity contribution in [1.29, 1.82) is 0 Å². The van der Waals surface area contributed by atoms with Crippen LogP contribution in [0.25, 0.3) is 5.69 Å². The molecule has 8 nitrogen and oxygen atoms in total. The maximum Gasteiger partial charge on any atom is 0.326 e. The lowest BCUT2D eigenvalue weighted by atomic mass is 9.92. The Morgan fingerprint density at radius 2 is 2.06 bits per heavy atom. The zero-order valence-corrected chi connectivity index (χ0v) is 18.9. The second kappa shape index (κ2) is 10.4. The van der Waals surface area contributed by atoms with Gasteiger partial charge in [-0.3, -0.25) is 0 Å². The Bertz CT molecular complexity index is 1070. The Labute approximate surface area is 193 Å². The molecular weight excluding hydrogens is 420 g/mol. The Kier molecular flexibility index (Phi) is 7.14. The molecule has 2 heterocycles. The summed E-state index contributed by atoms with van der Waals surface area (Å²) in [5.41, 5.74) is 2.88. The fourth-order valence-corrected chi connectivity index (χ4v) is 4.06. The van der Waals surface area contributed by atoms with Crippen molar-refractivity contribution in [2.24, 2.45) is 0 Å². The van der Waals surface area contributed by atoms with Crippen molar-refractivity contribution in [2.75, 3.05) is 25.5 Å². The number of benzene rings is 2. The van der Waals surface area contributed by atoms with Gasteiger partial charge in [0, 0.05) is 37.0 Å². The monoisotopic (exact) mass is 450 g/mol. The third kappa shape index (κ3) is 5.64. The first-order valence-corrected chi connectivity index (χ1v) is 11.2. The van der Waals surface area contributed by atoms with Gasteiger partial charge in [0.05, 0.1) is 19.0 Å². The first-order chi connectivity index (χ1) is 16.1. The van der Waals surface area contributed by atoms with Gasteiger partial charge in [0.1, 0.15) is 23.6 Å². The number of nitrogens with zero attached hydrogens (tertiary/aromatic N) is 2. The molecular formula is C25H30N4O4. The number of aromatic nitrogens is 2. The Balaban J connectivity index is 1.39. The highest BCUT2D eigenvalue weighted by Gasteiger charge is 2.25. The molecule has 1 fully saturated rings. The predicted molar refractivity (Wildman–Crippen MR) is 127 cm³/mol. The average molecular weight is 451 g/mol. The van der Waals surface area contributed by atoms with Crippen LogP contribution in [0.5, 0.6) is 11.5 Å². The number of hydrogen-bond donors (Lipinski definition) is 3. The highest BCUT2D eigenvalue weighted by Crippen LogP contribution is 2.28. The molecule has 1 saturated heterocycles. The molecule has 8 heteroatoms. The zero-order chi connectivity index (χ0) is 23.2. The Morgan fingerprint density at radius 3 is 2.79 bits per heavy atom. The van der Waals surface area contributed by atoms with Crippen LogP contribution in [0.3, 0.4) is 0 Å². The number of anilines is 1. The number of nitrogens with one attached hydrogen (secondary N) is 2. The van der Waals surface area contributed by atoms with Crippen LogP contribution in [0.4, 0.5) is 5.69 Å². The van der Waals surface area contributed by atoms with E-state index in [9.17, 15) is 9.90 Å². The quantitative estimate of drug-likeness (QED) is 0.457. The SMILES string of the molecule is CCC(Nc1cccc(OC2CNCC(c3cnn(-c4ccc(OC)cc4)c3)C2)c1)C(=O)O. The summed E-state index contributed by atoms with van der Waals surface area (Å²) < 4.78 is 13.4. The summed E-state index contributed by atoms with van der Waals surface area (Å²) in [5.74, 6) is 0.962. The number of carbonyl (C=O) groups is 1. The maximum absolute atomic E-state index is 11.3. The summed E-state index contributed by atoms with van der Waals surface area (Å²) in [6, 6.07) is 14.7. The van der Waals surface area contributed by atoms with E-state index in [2.05, 4.69) is 21.9 Å². The second-order valence-electron chi connectivity index (χ2n) is 8.22. The van der Waals surface area contributed by atoms with Gasteiger partial charge in [-0.25, -0.2) is 9.48 Å². The third-order valence-corrected chi connectivity index (χ3v) is 5.91. The van der Waals surface area contributed by atoms with E-state index < -0.39 is 12.0 Å². The Hall–Kier alpha value is -3.52. The number of ether oxygens (including phenoxy) is 2. The van der Waals surface area contributed by atoms with Crippen LogP contribution < -0.4 is 20.1 Å². The van der Waals surface area contributed by atoms with E-state index in [4.69, 9.17) is 9.47 Å². The largest absolute Gasteiger partial charge is 0.497 e. The molecule has 3 aromatic rings. The standard InChI is InChI=1S/C25H30N4O4/c1-3-24(25(30)31)28-19-5-4-6-22(12-19)33-23-11-17(13-26-15-23)18-14-27-29(16-18)20-7-9-21(32-2)10-8-20/h4-10,12,14,16-17,23-24,26,28H,3,11,13,15H2,1-2H3,(H,30,31). The van der Waals surface area contributed by atoms with E-state index in [0.717, 1.165) is 47.9 Å². The summed E-state index contributed by atoms with van der Waals surface area (Å²) in [6.07, 6.45) is 5.35. The fraction of sp³-hybridized carbons (Fsp3) is 0.360. The molecule has 0 spiro atoms. The lowest BCUT2D eigenvalue weighted by molar-refractivity contribution is -0.137. The molecule has 0 aliphatic carbocycles. The smallest absolute Gasteiger partial charge is 0.326 e. The minimum atomic E-state index is -0.863. The first-order valence-electron chi connectivity index (χ1n) is 11.2. The van der Waals surface area contributed by atoms with Crippen LogP contribution in [-0.2, 0) is 4.79 Å². The molecule has 1 aliphatic rings. The number of piperidine rings is 1. The van der Waals surface area contributed by atoms with Gasteiger partial charge in [-0.2, -0.15) is 5.10 Å². The van der Waals surface area contributed by atoms with Crippen LogP contribution >= 0.6 is 0 Å². The summed E-state index contributed by atoms with van der Waals surface area (Å²) in [4.78, 5) is 11.3.